The molecule has 0 spiro atoms. The molecule has 0 saturated carbocycles. The predicted molar refractivity (Wildman–Crippen MR) is 25.7 cm³/mol. The first-order chi connectivity index (χ1) is 3.83. The molecule has 0 radical (unpaired) electrons. The number of hydrogen-bond acceptors (Lipinski definition) is 3. The molecule has 0 bridgehead atoms. The van der Waals surface area contributed by atoms with Crippen LogP contribution in [-0.4, -0.2) is 32.1 Å². The van der Waals surface area contributed by atoms with Crippen LogP contribution in [0.25, 0.3) is 0 Å². The fourth-order valence-electron chi connectivity index (χ4n) is 0.0136. The van der Waals surface area contributed by atoms with Crippen molar-refractivity contribution < 1.29 is 32.3 Å². The summed E-state index contributed by atoms with van der Waals surface area (Å²) in [5.41, 5.74) is 0. The van der Waals surface area contributed by atoms with Crippen molar-refractivity contribution in [3.8, 4) is 0 Å². The molecule has 0 heterocycles. The number of rotatable bonds is 2. The van der Waals surface area contributed by atoms with Gasteiger partial charge in [-0.05, 0) is 0 Å². The summed E-state index contributed by atoms with van der Waals surface area (Å²) in [6.07, 6.45) is 0. The van der Waals surface area contributed by atoms with E-state index in [2.05, 4.69) is 2.72 Å². The second-order valence-corrected chi connectivity index (χ2v) is 11.0. The molecule has 0 aromatic heterocycles. The summed E-state index contributed by atoms with van der Waals surface area (Å²) in [6, 6.07) is 0. The Kier molecular flexibility index (Phi) is 25.8. The van der Waals surface area contributed by atoms with Gasteiger partial charge in [-0.1, -0.05) is 0 Å². The maximum absolute atomic E-state index is 9.22. The summed E-state index contributed by atoms with van der Waals surface area (Å²) in [6.45, 7) is 0. The third-order valence-corrected chi connectivity index (χ3v) is 1.80. The van der Waals surface area contributed by atoms with E-state index in [9.17, 15) is 7.48 Å². The van der Waals surface area contributed by atoms with Gasteiger partial charge in [0.15, 0.2) is 0 Å². The van der Waals surface area contributed by atoms with Crippen molar-refractivity contribution in [2.45, 2.75) is 0 Å². The Morgan fingerprint density at radius 3 is 1.50 bits per heavy atom. The van der Waals surface area contributed by atoms with Crippen LogP contribution < -0.4 is 0 Å². The van der Waals surface area contributed by atoms with Crippen LogP contribution in [0.4, 0.5) is 0 Å². The molecule has 0 N–H and O–H groups in total. The minimum atomic E-state index is -1.30. The van der Waals surface area contributed by atoms with Gasteiger partial charge in [-0.3, -0.25) is 0 Å². The van der Waals surface area contributed by atoms with Crippen molar-refractivity contribution in [3.05, 3.63) is 0 Å². The van der Waals surface area contributed by atoms with Gasteiger partial charge < -0.3 is 0 Å². The van der Waals surface area contributed by atoms with Crippen molar-refractivity contribution >= 4 is 48.6 Å². The van der Waals surface area contributed by atoms with Gasteiger partial charge in [-0.25, -0.2) is 0 Å². The predicted octanol–water partition coefficient (Wildman–Crippen LogP) is 0.309. The summed E-state index contributed by atoms with van der Waals surface area (Å²) in [7, 11) is 9.97. The normalized spacial score (nSPS) is 7.25. The quantitative estimate of drug-likeness (QED) is 0.547. The molecule has 0 aliphatic heterocycles. The molecule has 0 unspecified atom stereocenters. The zero-order valence-corrected chi connectivity index (χ0v) is 14.3. The van der Waals surface area contributed by atoms with Crippen molar-refractivity contribution in [1.82, 2.24) is 0 Å². The van der Waals surface area contributed by atoms with Gasteiger partial charge in [-0.2, -0.15) is 0 Å². The molecule has 0 atom stereocenters. The topological polar surface area (TPSA) is 43.4 Å². The van der Waals surface area contributed by atoms with E-state index in [1.165, 1.54) is 0 Å². The summed E-state index contributed by atoms with van der Waals surface area (Å²) in [5.74, 6) is 0. The second-order valence-electron chi connectivity index (χ2n) is 0.332. The molecule has 0 rings (SSSR count). The van der Waals surface area contributed by atoms with E-state index >= 15 is 0 Å². The molecular weight excluding hydrogens is 469 g/mol. The number of hydrogen-bond donors (Lipinski definition) is 0. The van der Waals surface area contributed by atoms with E-state index in [4.69, 9.17) is 16.5 Å². The summed E-state index contributed by atoms with van der Waals surface area (Å²) >= 11 is -3.75. The Hall–Kier alpha value is 2.19. The van der Waals surface area contributed by atoms with E-state index in [0.717, 1.165) is 0 Å². The van der Waals surface area contributed by atoms with Gasteiger partial charge in [0.25, 0.3) is 0 Å². The zero-order valence-electron chi connectivity index (χ0n) is 3.58. The third kappa shape index (κ3) is 24.1. The van der Waals surface area contributed by atoms with Crippen LogP contribution in [0.3, 0.4) is 0 Å². The molecule has 0 aliphatic carbocycles. The monoisotopic (exact) mass is 470 g/mol. The van der Waals surface area contributed by atoms with Crippen LogP contribution in [0.5, 0.6) is 0 Å². The summed E-state index contributed by atoms with van der Waals surface area (Å²) in [5, 5.41) is 0. The first-order valence-electron chi connectivity index (χ1n) is 1.26. The first kappa shape index (κ1) is 12.8. The molecule has 0 aliphatic rings. The van der Waals surface area contributed by atoms with Crippen LogP contribution in [0, 0.1) is 0 Å². The molecule has 0 saturated heterocycles. The van der Waals surface area contributed by atoms with Gasteiger partial charge in [-0.15, -0.1) is 0 Å². The van der Waals surface area contributed by atoms with E-state index in [-0.39, 0.29) is 0 Å². The Bertz CT molecular complexity index is 53.2. The Morgan fingerprint density at radius 1 is 1.25 bits per heavy atom. The van der Waals surface area contributed by atoms with E-state index < -0.39 is 54.2 Å². The standard InChI is InChI=1S/As2O3.2ClH.Hg/c3-1-5-2-4;;;/h;2*1H;/q;;;+2/p-2. The number of halogens is 2. The van der Waals surface area contributed by atoms with Crippen LogP contribution in [0.1, 0.15) is 0 Å². The van der Waals surface area contributed by atoms with Crippen molar-refractivity contribution in [1.29, 1.82) is 0 Å². The average molecular weight is 469 g/mol. The second kappa shape index (κ2) is 16.1. The van der Waals surface area contributed by atoms with Crippen molar-refractivity contribution in [2.24, 2.45) is 0 Å². The molecule has 8 heavy (non-hydrogen) atoms. The molecule has 8 heteroatoms. The Labute approximate surface area is 79.7 Å². The van der Waals surface area contributed by atoms with Crippen LogP contribution in [0.15, 0.2) is 0 Å². The molecule has 44 valence electrons. The van der Waals surface area contributed by atoms with Crippen LogP contribution in [0.2, 0.25) is 0 Å². The third-order valence-electron chi connectivity index (χ3n) is 0.0667. The van der Waals surface area contributed by atoms with E-state index in [0.29, 0.717) is 0 Å². The van der Waals surface area contributed by atoms with Gasteiger partial charge in [0.1, 0.15) is 0 Å². The zero-order chi connectivity index (χ0) is 6.83. The first-order valence-corrected chi connectivity index (χ1v) is 17.9. The fourth-order valence-corrected chi connectivity index (χ4v) is 0.367. The van der Waals surface area contributed by atoms with Crippen LogP contribution in [-0.2, 0) is 32.3 Å². The molecule has 0 fully saturated rings. The molecule has 3 nitrogen and oxygen atoms in total. The SMILES string of the molecule is O=[As]O[As]=O.[Cl][Hg][Cl]. The van der Waals surface area contributed by atoms with E-state index in [1.807, 2.05) is 0 Å². The van der Waals surface area contributed by atoms with Gasteiger partial charge >= 0.3 is 80.9 Å². The van der Waals surface area contributed by atoms with Gasteiger partial charge in [0.2, 0.25) is 0 Å². The molecular formula is As2Cl2HgO3. The van der Waals surface area contributed by atoms with E-state index in [1.54, 1.807) is 0 Å². The Morgan fingerprint density at radius 2 is 1.50 bits per heavy atom. The van der Waals surface area contributed by atoms with Crippen LogP contribution >= 0.6 is 16.5 Å². The fraction of sp³-hybridized carbons (Fsp3) is 0. The minimum absolute atomic E-state index is 1.14. The summed E-state index contributed by atoms with van der Waals surface area (Å²) in [4.78, 5) is 0. The Balaban J connectivity index is 0. The summed E-state index contributed by atoms with van der Waals surface area (Å²) < 4.78 is 22.4. The van der Waals surface area contributed by atoms with Gasteiger partial charge in [0, 0.05) is 0 Å². The molecule has 0 aromatic rings. The van der Waals surface area contributed by atoms with Crippen molar-refractivity contribution in [3.63, 3.8) is 0 Å². The van der Waals surface area contributed by atoms with Crippen molar-refractivity contribution in [2.75, 3.05) is 0 Å². The average Bonchev–Trinajstić information content (AvgIpc) is 1.71. The molecule has 0 amide bonds. The van der Waals surface area contributed by atoms with Gasteiger partial charge in [0.05, 0.1) is 0 Å². The maximum atomic E-state index is 9.22. The molecule has 0 aromatic carbocycles.